The van der Waals surface area contributed by atoms with Gasteiger partial charge in [0, 0.05) is 17.7 Å². The molecule has 3 aromatic rings. The molecule has 1 fully saturated rings. The number of aliphatic carboxylic acids is 1. The van der Waals surface area contributed by atoms with Crippen molar-refractivity contribution in [2.45, 2.75) is 57.2 Å². The van der Waals surface area contributed by atoms with Crippen LogP contribution in [0.2, 0.25) is 0 Å². The molecule has 2 N–H and O–H groups in total. The zero-order chi connectivity index (χ0) is 27.7. The zero-order valence-corrected chi connectivity index (χ0v) is 22.6. The van der Waals surface area contributed by atoms with Crippen LogP contribution in [0.3, 0.4) is 0 Å². The molecular weight excluding hydrogens is 486 g/mol. The minimum atomic E-state index is -1.33. The standard InChI is InChI=1S/C33H37N3O3/c1-3-4-13-22-33(2,32(38)39)35-30(26-17-9-6-10-18-26)27-19-11-12-20-28(27)34-31(37)29-21-14-23-36(29)24-25-15-7-5-8-16-25/h3,5-12,15-20,29H,1,4,13-14,21-24H2,2H3,(H,34,37)(H,38,39)/t29-,33-/m0/s1. The van der Waals surface area contributed by atoms with Crippen molar-refractivity contribution in [1.29, 1.82) is 0 Å². The Morgan fingerprint density at radius 3 is 2.41 bits per heavy atom. The van der Waals surface area contributed by atoms with Gasteiger partial charge in [-0.15, -0.1) is 6.58 Å². The summed E-state index contributed by atoms with van der Waals surface area (Å²) in [5.74, 6) is -1.04. The molecule has 4 rings (SSSR count). The van der Waals surface area contributed by atoms with Crippen LogP contribution in [-0.2, 0) is 16.1 Å². The molecule has 1 aliphatic heterocycles. The van der Waals surface area contributed by atoms with Gasteiger partial charge in [0.25, 0.3) is 0 Å². The number of carboxylic acid groups (broad SMARTS) is 1. The van der Waals surface area contributed by atoms with E-state index in [1.54, 1.807) is 13.0 Å². The van der Waals surface area contributed by atoms with Gasteiger partial charge in [-0.25, -0.2) is 4.79 Å². The fourth-order valence-corrected chi connectivity index (χ4v) is 5.07. The predicted octanol–water partition coefficient (Wildman–Crippen LogP) is 6.33. The zero-order valence-electron chi connectivity index (χ0n) is 22.6. The molecule has 0 unspecified atom stereocenters. The van der Waals surface area contributed by atoms with E-state index >= 15 is 0 Å². The quantitative estimate of drug-likeness (QED) is 0.165. The Morgan fingerprint density at radius 2 is 1.72 bits per heavy atom. The van der Waals surface area contributed by atoms with E-state index in [9.17, 15) is 14.7 Å². The second-order valence-corrected chi connectivity index (χ2v) is 10.2. The van der Waals surface area contributed by atoms with Gasteiger partial charge in [0.05, 0.1) is 17.4 Å². The smallest absolute Gasteiger partial charge is 0.331 e. The number of hydrogen-bond donors (Lipinski definition) is 2. The monoisotopic (exact) mass is 523 g/mol. The summed E-state index contributed by atoms with van der Waals surface area (Å²) in [4.78, 5) is 33.1. The van der Waals surface area contributed by atoms with E-state index < -0.39 is 11.5 Å². The van der Waals surface area contributed by atoms with Crippen molar-refractivity contribution in [3.8, 4) is 0 Å². The number of likely N-dealkylation sites (tertiary alicyclic amines) is 1. The van der Waals surface area contributed by atoms with Crippen LogP contribution in [0, 0.1) is 0 Å². The average molecular weight is 524 g/mol. The number of amides is 1. The highest BCUT2D eigenvalue weighted by molar-refractivity contribution is 6.18. The molecule has 202 valence electrons. The topological polar surface area (TPSA) is 82.0 Å². The molecule has 6 heteroatoms. The minimum absolute atomic E-state index is 0.0599. The first kappa shape index (κ1) is 28.0. The third kappa shape index (κ3) is 7.09. The second kappa shape index (κ2) is 13.2. The van der Waals surface area contributed by atoms with Crippen molar-refractivity contribution in [2.24, 2.45) is 4.99 Å². The Balaban J connectivity index is 1.66. The molecule has 0 aliphatic carbocycles. The lowest BCUT2D eigenvalue weighted by Gasteiger charge is -2.25. The highest BCUT2D eigenvalue weighted by atomic mass is 16.4. The number of allylic oxidation sites excluding steroid dienone is 1. The number of hydrogen-bond acceptors (Lipinski definition) is 4. The Hall–Kier alpha value is -4.03. The molecule has 1 aliphatic rings. The molecule has 2 atom stereocenters. The summed E-state index contributed by atoms with van der Waals surface area (Å²) in [6.07, 6.45) is 5.29. The van der Waals surface area contributed by atoms with Crippen LogP contribution in [0.1, 0.15) is 55.7 Å². The summed E-state index contributed by atoms with van der Waals surface area (Å²) < 4.78 is 0. The van der Waals surface area contributed by atoms with E-state index in [-0.39, 0.29) is 11.9 Å². The number of benzene rings is 3. The van der Waals surface area contributed by atoms with Crippen molar-refractivity contribution < 1.29 is 14.7 Å². The summed E-state index contributed by atoms with van der Waals surface area (Å²) in [5.41, 5.74) is 2.50. The molecule has 1 amide bonds. The first-order valence-corrected chi connectivity index (χ1v) is 13.6. The number of aliphatic imine (C=N–C) groups is 1. The number of nitrogens with one attached hydrogen (secondary N) is 1. The van der Waals surface area contributed by atoms with Crippen LogP contribution in [0.25, 0.3) is 0 Å². The highest BCUT2D eigenvalue weighted by Gasteiger charge is 2.34. The fourth-order valence-electron chi connectivity index (χ4n) is 5.07. The van der Waals surface area contributed by atoms with Gasteiger partial charge in [-0.1, -0.05) is 84.9 Å². The summed E-state index contributed by atoms with van der Waals surface area (Å²) in [7, 11) is 0. The lowest BCUT2D eigenvalue weighted by molar-refractivity contribution is -0.142. The van der Waals surface area contributed by atoms with Crippen molar-refractivity contribution >= 4 is 23.3 Å². The van der Waals surface area contributed by atoms with Crippen LogP contribution in [-0.4, -0.2) is 45.7 Å². The molecule has 0 saturated carbocycles. The maximum absolute atomic E-state index is 13.6. The lowest BCUT2D eigenvalue weighted by Crippen LogP contribution is -2.39. The number of carbonyl (C=O) groups excluding carboxylic acids is 1. The summed E-state index contributed by atoms with van der Waals surface area (Å²) in [6.45, 7) is 7.00. The number of unbranched alkanes of at least 4 members (excludes halogenated alkanes) is 1. The lowest BCUT2D eigenvalue weighted by atomic mass is 9.93. The number of rotatable bonds is 12. The van der Waals surface area contributed by atoms with E-state index in [4.69, 9.17) is 4.99 Å². The van der Waals surface area contributed by atoms with Gasteiger partial charge in [0.2, 0.25) is 5.91 Å². The molecule has 6 nitrogen and oxygen atoms in total. The van der Waals surface area contributed by atoms with E-state index in [1.165, 1.54) is 5.56 Å². The van der Waals surface area contributed by atoms with Gasteiger partial charge in [-0.2, -0.15) is 0 Å². The van der Waals surface area contributed by atoms with Crippen LogP contribution >= 0.6 is 0 Å². The Morgan fingerprint density at radius 1 is 1.05 bits per heavy atom. The minimum Gasteiger partial charge on any atom is -0.479 e. The maximum atomic E-state index is 13.6. The van der Waals surface area contributed by atoms with Crippen LogP contribution in [0.4, 0.5) is 5.69 Å². The predicted molar refractivity (Wildman–Crippen MR) is 157 cm³/mol. The Labute approximate surface area is 231 Å². The molecule has 39 heavy (non-hydrogen) atoms. The van der Waals surface area contributed by atoms with E-state index in [0.717, 1.165) is 31.5 Å². The van der Waals surface area contributed by atoms with Gasteiger partial charge >= 0.3 is 5.97 Å². The van der Waals surface area contributed by atoms with E-state index in [2.05, 4.69) is 28.9 Å². The number of para-hydroxylation sites is 1. The molecule has 3 aromatic carbocycles. The number of carbonyl (C=O) groups is 2. The van der Waals surface area contributed by atoms with Crippen molar-refractivity contribution in [1.82, 2.24) is 4.90 Å². The van der Waals surface area contributed by atoms with E-state index in [1.807, 2.05) is 72.8 Å². The highest BCUT2D eigenvalue weighted by Crippen LogP contribution is 2.28. The normalized spacial score (nSPS) is 17.4. The van der Waals surface area contributed by atoms with Gasteiger partial charge in [0.1, 0.15) is 0 Å². The summed E-state index contributed by atoms with van der Waals surface area (Å²) >= 11 is 0. The van der Waals surface area contributed by atoms with Gasteiger partial charge in [-0.3, -0.25) is 14.7 Å². The number of nitrogens with zero attached hydrogens (tertiary/aromatic N) is 2. The molecule has 0 bridgehead atoms. The third-order valence-corrected chi connectivity index (χ3v) is 7.27. The van der Waals surface area contributed by atoms with Gasteiger partial charge in [0.15, 0.2) is 5.54 Å². The SMILES string of the molecule is C=CCCC[C@](C)(N=C(c1ccccc1)c1ccccc1NC(=O)[C@@H]1CCCN1Cc1ccccc1)C(=O)O. The number of carboxylic acids is 1. The van der Waals surface area contributed by atoms with Crippen LogP contribution in [0.5, 0.6) is 0 Å². The molecule has 0 aromatic heterocycles. The molecular formula is C33H37N3O3. The van der Waals surface area contributed by atoms with Gasteiger partial charge in [-0.05, 0) is 57.2 Å². The maximum Gasteiger partial charge on any atom is 0.331 e. The van der Waals surface area contributed by atoms with Crippen LogP contribution in [0.15, 0.2) is 103 Å². The van der Waals surface area contributed by atoms with E-state index in [0.29, 0.717) is 36.2 Å². The van der Waals surface area contributed by atoms with Crippen molar-refractivity contribution in [3.63, 3.8) is 0 Å². The van der Waals surface area contributed by atoms with Crippen molar-refractivity contribution in [2.75, 3.05) is 11.9 Å². The second-order valence-electron chi connectivity index (χ2n) is 10.2. The Kier molecular flexibility index (Phi) is 9.45. The summed E-state index contributed by atoms with van der Waals surface area (Å²) in [6, 6.07) is 27.0. The average Bonchev–Trinajstić information content (AvgIpc) is 3.41. The third-order valence-electron chi connectivity index (χ3n) is 7.27. The van der Waals surface area contributed by atoms with Gasteiger partial charge < -0.3 is 10.4 Å². The fraction of sp³-hybridized carbons (Fsp3) is 0.303. The first-order chi connectivity index (χ1) is 18.9. The summed E-state index contributed by atoms with van der Waals surface area (Å²) in [5, 5.41) is 13.3. The molecule has 1 saturated heterocycles. The van der Waals surface area contributed by atoms with Crippen molar-refractivity contribution in [3.05, 3.63) is 114 Å². The molecule has 0 radical (unpaired) electrons. The number of anilines is 1. The first-order valence-electron chi connectivity index (χ1n) is 13.6. The molecule has 1 heterocycles. The Bertz CT molecular complexity index is 1310. The largest absolute Gasteiger partial charge is 0.479 e. The van der Waals surface area contributed by atoms with Crippen LogP contribution < -0.4 is 5.32 Å². The molecule has 0 spiro atoms.